The van der Waals surface area contributed by atoms with E-state index in [0.29, 0.717) is 23.0 Å². The van der Waals surface area contributed by atoms with E-state index in [1.54, 1.807) is 6.07 Å². The molecule has 4 rings (SSSR count). The van der Waals surface area contributed by atoms with E-state index in [2.05, 4.69) is 16.0 Å². The zero-order valence-corrected chi connectivity index (χ0v) is 15.2. The lowest BCUT2D eigenvalue weighted by Crippen LogP contribution is -2.27. The van der Waals surface area contributed by atoms with Gasteiger partial charge in [0, 0.05) is 48.4 Å². The normalized spacial score (nSPS) is 21.4. The van der Waals surface area contributed by atoms with E-state index in [4.69, 9.17) is 16.3 Å². The number of aryl methyl sites for hydroxylation is 1. The molecule has 4 nitrogen and oxygen atoms in total. The van der Waals surface area contributed by atoms with Gasteiger partial charge in [0.05, 0.1) is 5.56 Å². The molecule has 1 amide bonds. The molecule has 0 radical (unpaired) electrons. The van der Waals surface area contributed by atoms with Crippen molar-refractivity contribution in [3.05, 3.63) is 52.3 Å². The third-order valence-corrected chi connectivity index (χ3v) is 5.63. The number of fused-ring (bicyclic) bond motifs is 3. The molecule has 0 spiro atoms. The van der Waals surface area contributed by atoms with Gasteiger partial charge in [-0.1, -0.05) is 18.0 Å². The van der Waals surface area contributed by atoms with E-state index in [-0.39, 0.29) is 12.0 Å². The number of hydrogen-bond donors (Lipinski definition) is 1. The van der Waals surface area contributed by atoms with Crippen LogP contribution in [0.25, 0.3) is 0 Å². The third kappa shape index (κ3) is 3.15. The summed E-state index contributed by atoms with van der Waals surface area (Å²) >= 11 is 6.30. The molecule has 1 saturated carbocycles. The summed E-state index contributed by atoms with van der Waals surface area (Å²) in [6.07, 6.45) is 7.60. The van der Waals surface area contributed by atoms with E-state index in [1.165, 1.54) is 18.5 Å². The summed E-state index contributed by atoms with van der Waals surface area (Å²) in [5.41, 5.74) is 2.88. The number of nitrogens with zero attached hydrogens (tertiary/aromatic N) is 1. The van der Waals surface area contributed by atoms with Gasteiger partial charge in [0.15, 0.2) is 0 Å². The van der Waals surface area contributed by atoms with Crippen LogP contribution in [0.3, 0.4) is 0 Å². The highest BCUT2D eigenvalue weighted by Gasteiger charge is 2.38. The van der Waals surface area contributed by atoms with Crippen LogP contribution in [0.15, 0.2) is 30.5 Å². The molecule has 2 aromatic rings. The van der Waals surface area contributed by atoms with Crippen LogP contribution < -0.4 is 10.1 Å². The van der Waals surface area contributed by atoms with Crippen LogP contribution in [0.1, 0.15) is 53.2 Å². The van der Waals surface area contributed by atoms with Crippen molar-refractivity contribution in [1.82, 2.24) is 9.88 Å². The second-order valence-corrected chi connectivity index (χ2v) is 7.47. The van der Waals surface area contributed by atoms with E-state index < -0.39 is 0 Å². The average molecular weight is 359 g/mol. The molecule has 2 heterocycles. The van der Waals surface area contributed by atoms with Crippen LogP contribution in [-0.2, 0) is 13.5 Å². The fourth-order valence-electron chi connectivity index (χ4n) is 4.09. The average Bonchev–Trinajstić information content (AvgIpc) is 3.18. The molecule has 25 heavy (non-hydrogen) atoms. The Kier molecular flexibility index (Phi) is 4.46. The lowest BCUT2D eigenvalue weighted by atomic mass is 9.83. The fraction of sp³-hybridized carbons (Fsp3) is 0.450. The van der Waals surface area contributed by atoms with Gasteiger partial charge in [0.25, 0.3) is 5.91 Å². The molecule has 1 aliphatic heterocycles. The SMILES string of the molecule is Cn1cccc1CCNC(=O)c1cc(Cl)cc2c1OC1CCCCC21. The summed E-state index contributed by atoms with van der Waals surface area (Å²) in [4.78, 5) is 12.7. The minimum atomic E-state index is -0.105. The maximum Gasteiger partial charge on any atom is 0.255 e. The first-order valence-electron chi connectivity index (χ1n) is 9.02. The quantitative estimate of drug-likeness (QED) is 0.895. The number of benzene rings is 1. The Labute approximate surface area is 153 Å². The first-order valence-corrected chi connectivity index (χ1v) is 9.40. The molecule has 132 valence electrons. The molecule has 1 aliphatic carbocycles. The predicted molar refractivity (Wildman–Crippen MR) is 98.5 cm³/mol. The summed E-state index contributed by atoms with van der Waals surface area (Å²) in [6.45, 7) is 0.588. The molecule has 1 N–H and O–H groups in total. The van der Waals surface area contributed by atoms with Crippen LogP contribution >= 0.6 is 11.6 Å². The Morgan fingerprint density at radius 3 is 3.00 bits per heavy atom. The maximum atomic E-state index is 12.7. The number of ether oxygens (including phenoxy) is 1. The smallest absolute Gasteiger partial charge is 0.255 e. The molecule has 1 fully saturated rings. The van der Waals surface area contributed by atoms with Crippen molar-refractivity contribution in [2.45, 2.75) is 44.1 Å². The van der Waals surface area contributed by atoms with Gasteiger partial charge in [0.1, 0.15) is 11.9 Å². The van der Waals surface area contributed by atoms with Crippen LogP contribution in [0.4, 0.5) is 0 Å². The van der Waals surface area contributed by atoms with E-state index >= 15 is 0 Å². The predicted octanol–water partition coefficient (Wildman–Crippen LogP) is 4.07. The molecule has 5 heteroatoms. The summed E-state index contributed by atoms with van der Waals surface area (Å²) in [5, 5.41) is 3.62. The van der Waals surface area contributed by atoms with E-state index in [1.807, 2.05) is 25.4 Å². The lowest BCUT2D eigenvalue weighted by Gasteiger charge is -2.23. The molecule has 0 saturated heterocycles. The van der Waals surface area contributed by atoms with Crippen LogP contribution in [0.5, 0.6) is 5.75 Å². The van der Waals surface area contributed by atoms with E-state index in [0.717, 1.165) is 30.6 Å². The number of carbonyl (C=O) groups excluding carboxylic acids is 1. The van der Waals surface area contributed by atoms with Crippen LogP contribution in [0.2, 0.25) is 5.02 Å². The van der Waals surface area contributed by atoms with Gasteiger partial charge in [-0.25, -0.2) is 0 Å². The number of carbonyl (C=O) groups is 1. The molecular formula is C20H23ClN2O2. The summed E-state index contributed by atoms with van der Waals surface area (Å²) in [6, 6.07) is 7.79. The van der Waals surface area contributed by atoms with Gasteiger partial charge in [-0.15, -0.1) is 0 Å². The van der Waals surface area contributed by atoms with Gasteiger partial charge in [-0.05, 0) is 43.5 Å². The minimum absolute atomic E-state index is 0.105. The van der Waals surface area contributed by atoms with Gasteiger partial charge >= 0.3 is 0 Å². The molecular weight excluding hydrogens is 336 g/mol. The van der Waals surface area contributed by atoms with Crippen molar-refractivity contribution in [1.29, 1.82) is 0 Å². The first kappa shape index (κ1) is 16.5. The lowest BCUT2D eigenvalue weighted by molar-refractivity contribution is 0.0946. The highest BCUT2D eigenvalue weighted by Crippen LogP contribution is 2.48. The number of halogens is 1. The zero-order chi connectivity index (χ0) is 17.4. The standard InChI is InChI=1S/C20H23ClN2O2/c1-23-10-4-5-14(23)8-9-22-20(24)17-12-13(21)11-16-15-6-2-3-7-18(15)25-19(16)17/h4-5,10-12,15,18H,2-3,6-9H2,1H3,(H,22,24). The molecule has 1 aromatic heterocycles. The Hall–Kier alpha value is -1.94. The highest BCUT2D eigenvalue weighted by molar-refractivity contribution is 6.31. The molecule has 0 bridgehead atoms. The zero-order valence-electron chi connectivity index (χ0n) is 14.4. The van der Waals surface area contributed by atoms with E-state index in [9.17, 15) is 4.79 Å². The number of hydrogen-bond acceptors (Lipinski definition) is 2. The Morgan fingerprint density at radius 1 is 1.36 bits per heavy atom. The van der Waals surface area contributed by atoms with Gasteiger partial charge in [0.2, 0.25) is 0 Å². The minimum Gasteiger partial charge on any atom is -0.489 e. The summed E-state index contributed by atoms with van der Waals surface area (Å²) in [7, 11) is 2.01. The maximum absolute atomic E-state index is 12.7. The van der Waals surface area contributed by atoms with Gasteiger partial charge in [-0.3, -0.25) is 4.79 Å². The molecule has 2 unspecified atom stereocenters. The van der Waals surface area contributed by atoms with Gasteiger partial charge in [-0.2, -0.15) is 0 Å². The highest BCUT2D eigenvalue weighted by atomic mass is 35.5. The van der Waals surface area contributed by atoms with Crippen molar-refractivity contribution in [2.75, 3.05) is 6.54 Å². The van der Waals surface area contributed by atoms with Gasteiger partial charge < -0.3 is 14.6 Å². The summed E-state index contributed by atoms with van der Waals surface area (Å²) in [5.74, 6) is 1.03. The molecule has 2 atom stereocenters. The Balaban J connectivity index is 1.50. The number of nitrogens with one attached hydrogen (secondary N) is 1. The first-order chi connectivity index (χ1) is 12.1. The van der Waals surface area contributed by atoms with Crippen molar-refractivity contribution in [3.63, 3.8) is 0 Å². The van der Waals surface area contributed by atoms with Crippen molar-refractivity contribution >= 4 is 17.5 Å². The van der Waals surface area contributed by atoms with Crippen LogP contribution in [-0.4, -0.2) is 23.1 Å². The topological polar surface area (TPSA) is 43.3 Å². The van der Waals surface area contributed by atoms with Crippen molar-refractivity contribution in [3.8, 4) is 5.75 Å². The fourth-order valence-corrected chi connectivity index (χ4v) is 4.32. The summed E-state index contributed by atoms with van der Waals surface area (Å²) < 4.78 is 8.23. The number of amides is 1. The largest absolute Gasteiger partial charge is 0.489 e. The van der Waals surface area contributed by atoms with Crippen molar-refractivity contribution < 1.29 is 9.53 Å². The van der Waals surface area contributed by atoms with Crippen LogP contribution in [0, 0.1) is 0 Å². The Morgan fingerprint density at radius 2 is 2.20 bits per heavy atom. The Bertz CT molecular complexity index is 799. The second kappa shape index (κ2) is 6.75. The molecule has 1 aromatic carbocycles. The number of aromatic nitrogens is 1. The monoisotopic (exact) mass is 358 g/mol. The third-order valence-electron chi connectivity index (χ3n) is 5.42. The second-order valence-electron chi connectivity index (χ2n) is 7.04. The molecule has 2 aliphatic rings. The number of rotatable bonds is 4. The van der Waals surface area contributed by atoms with Crippen molar-refractivity contribution in [2.24, 2.45) is 7.05 Å².